The molecule has 5 heteroatoms. The Hall–Kier alpha value is -1.71. The van der Waals surface area contributed by atoms with E-state index in [1.54, 1.807) is 30.3 Å². The fourth-order valence-corrected chi connectivity index (χ4v) is 2.26. The minimum atomic E-state index is -0.311. The van der Waals surface area contributed by atoms with Crippen molar-refractivity contribution in [3.8, 4) is 11.4 Å². The van der Waals surface area contributed by atoms with Crippen molar-refractivity contribution in [3.63, 3.8) is 0 Å². The van der Waals surface area contributed by atoms with E-state index < -0.39 is 0 Å². The summed E-state index contributed by atoms with van der Waals surface area (Å²) in [6, 6.07) is 11.2. The molecule has 0 amide bonds. The number of hydrogen-bond donors (Lipinski definition) is 0. The highest BCUT2D eigenvalue weighted by atomic mass is 35.5. The molecule has 0 unspecified atom stereocenters. The summed E-state index contributed by atoms with van der Waals surface area (Å²) in [6.07, 6.45) is 0. The molecule has 0 aliphatic heterocycles. The van der Waals surface area contributed by atoms with E-state index in [-0.39, 0.29) is 5.82 Å². The molecule has 3 rings (SSSR count). The van der Waals surface area contributed by atoms with Gasteiger partial charge in [0.05, 0.1) is 10.5 Å². The normalized spacial score (nSPS) is 10.9. The van der Waals surface area contributed by atoms with Crippen LogP contribution in [0.1, 0.15) is 0 Å². The highest BCUT2D eigenvalue weighted by Gasteiger charge is 2.10. The zero-order valence-corrected chi connectivity index (χ0v) is 11.1. The molecule has 19 heavy (non-hydrogen) atoms. The van der Waals surface area contributed by atoms with Gasteiger partial charge in [-0.15, -0.1) is 0 Å². The molecule has 0 aliphatic carbocycles. The van der Waals surface area contributed by atoms with Crippen LogP contribution in [0.4, 0.5) is 4.39 Å². The van der Waals surface area contributed by atoms with Gasteiger partial charge in [-0.1, -0.05) is 29.3 Å². The Morgan fingerprint density at radius 2 is 1.63 bits per heavy atom. The van der Waals surface area contributed by atoms with Crippen LogP contribution in [0.3, 0.4) is 0 Å². The van der Waals surface area contributed by atoms with Gasteiger partial charge in [0.25, 0.3) is 0 Å². The third kappa shape index (κ3) is 2.27. The Balaban J connectivity index is 2.25. The lowest BCUT2D eigenvalue weighted by Gasteiger charge is -2.05. The van der Waals surface area contributed by atoms with Crippen LogP contribution < -0.4 is 0 Å². The summed E-state index contributed by atoms with van der Waals surface area (Å²) in [7, 11) is 0. The third-order valence-electron chi connectivity index (χ3n) is 2.73. The summed E-state index contributed by atoms with van der Waals surface area (Å²) in [6.45, 7) is 0. The van der Waals surface area contributed by atoms with Crippen molar-refractivity contribution < 1.29 is 4.39 Å². The van der Waals surface area contributed by atoms with Gasteiger partial charge in [0.1, 0.15) is 11.0 Å². The fraction of sp³-hybridized carbons (Fsp3) is 0. The Morgan fingerprint density at radius 1 is 0.895 bits per heavy atom. The van der Waals surface area contributed by atoms with Gasteiger partial charge in [0, 0.05) is 10.9 Å². The van der Waals surface area contributed by atoms with Gasteiger partial charge in [0.2, 0.25) is 0 Å². The zero-order valence-electron chi connectivity index (χ0n) is 9.57. The van der Waals surface area contributed by atoms with Crippen molar-refractivity contribution in [2.75, 3.05) is 0 Å². The average molecular weight is 293 g/mol. The number of benzene rings is 2. The standard InChI is InChI=1S/C14H7Cl2FN2/c15-11-3-1-2-10-12(11)18-14(19-13(10)16)8-4-6-9(17)7-5-8/h1-7H. The highest BCUT2D eigenvalue weighted by Crippen LogP contribution is 2.29. The lowest BCUT2D eigenvalue weighted by Crippen LogP contribution is -1.92. The Kier molecular flexibility index (Phi) is 3.09. The first-order valence-corrected chi connectivity index (χ1v) is 6.28. The maximum Gasteiger partial charge on any atom is 0.161 e. The molecule has 0 atom stereocenters. The molecule has 0 radical (unpaired) electrons. The van der Waals surface area contributed by atoms with Gasteiger partial charge in [0.15, 0.2) is 5.82 Å². The van der Waals surface area contributed by atoms with Crippen LogP contribution in [-0.2, 0) is 0 Å². The van der Waals surface area contributed by atoms with Gasteiger partial charge >= 0.3 is 0 Å². The van der Waals surface area contributed by atoms with Crippen molar-refractivity contribution in [2.24, 2.45) is 0 Å². The molecule has 94 valence electrons. The number of fused-ring (bicyclic) bond motifs is 1. The Bertz CT molecular complexity index is 757. The van der Waals surface area contributed by atoms with E-state index in [1.165, 1.54) is 12.1 Å². The second-order valence-corrected chi connectivity index (χ2v) is 4.75. The molecule has 0 saturated heterocycles. The van der Waals surface area contributed by atoms with Crippen LogP contribution in [0.15, 0.2) is 42.5 Å². The molecule has 0 bridgehead atoms. The molecular formula is C14H7Cl2FN2. The van der Waals surface area contributed by atoms with E-state index in [0.29, 0.717) is 32.5 Å². The molecule has 0 fully saturated rings. The molecule has 0 aliphatic rings. The Morgan fingerprint density at radius 3 is 2.37 bits per heavy atom. The van der Waals surface area contributed by atoms with E-state index in [0.717, 1.165) is 0 Å². The summed E-state index contributed by atoms with van der Waals surface area (Å²) in [5, 5.41) is 1.53. The maximum absolute atomic E-state index is 12.9. The number of rotatable bonds is 1. The van der Waals surface area contributed by atoms with Crippen molar-refractivity contribution in [2.45, 2.75) is 0 Å². The van der Waals surface area contributed by atoms with Crippen LogP contribution in [0.25, 0.3) is 22.3 Å². The quantitative estimate of drug-likeness (QED) is 0.605. The minimum Gasteiger partial charge on any atom is -0.226 e. The second kappa shape index (κ2) is 4.76. The topological polar surface area (TPSA) is 25.8 Å². The third-order valence-corrected chi connectivity index (χ3v) is 3.33. The van der Waals surface area contributed by atoms with Gasteiger partial charge in [-0.05, 0) is 36.4 Å². The van der Waals surface area contributed by atoms with Crippen molar-refractivity contribution in [1.82, 2.24) is 9.97 Å². The van der Waals surface area contributed by atoms with Gasteiger partial charge in [-0.25, -0.2) is 14.4 Å². The molecule has 3 aromatic rings. The molecule has 2 nitrogen and oxygen atoms in total. The summed E-state index contributed by atoms with van der Waals surface area (Å²) in [5.74, 6) is 0.110. The van der Waals surface area contributed by atoms with Crippen LogP contribution in [0, 0.1) is 5.82 Å². The van der Waals surface area contributed by atoms with E-state index in [1.807, 2.05) is 0 Å². The van der Waals surface area contributed by atoms with Crippen LogP contribution in [0.5, 0.6) is 0 Å². The molecule has 0 N–H and O–H groups in total. The monoisotopic (exact) mass is 292 g/mol. The first kappa shape index (κ1) is 12.3. The number of halogens is 3. The predicted octanol–water partition coefficient (Wildman–Crippen LogP) is 4.74. The van der Waals surface area contributed by atoms with Crippen LogP contribution in [-0.4, -0.2) is 9.97 Å². The number of aromatic nitrogens is 2. The van der Waals surface area contributed by atoms with Crippen molar-refractivity contribution in [3.05, 3.63) is 58.5 Å². The average Bonchev–Trinajstić information content (AvgIpc) is 2.41. The molecular weight excluding hydrogens is 286 g/mol. The largest absolute Gasteiger partial charge is 0.226 e. The summed E-state index contributed by atoms with van der Waals surface area (Å²) >= 11 is 12.2. The number of hydrogen-bond acceptors (Lipinski definition) is 2. The lowest BCUT2D eigenvalue weighted by atomic mass is 10.2. The summed E-state index contributed by atoms with van der Waals surface area (Å²) < 4.78 is 12.9. The van der Waals surface area contributed by atoms with E-state index in [2.05, 4.69) is 9.97 Å². The smallest absolute Gasteiger partial charge is 0.161 e. The summed E-state index contributed by atoms with van der Waals surface area (Å²) in [4.78, 5) is 8.60. The predicted molar refractivity (Wildman–Crippen MR) is 75.0 cm³/mol. The van der Waals surface area contributed by atoms with Crippen LogP contribution in [0.2, 0.25) is 10.2 Å². The molecule has 0 saturated carbocycles. The van der Waals surface area contributed by atoms with Crippen molar-refractivity contribution >= 4 is 34.1 Å². The molecule has 1 heterocycles. The molecule has 0 spiro atoms. The lowest BCUT2D eigenvalue weighted by molar-refractivity contribution is 0.628. The minimum absolute atomic E-state index is 0.311. The maximum atomic E-state index is 12.9. The highest BCUT2D eigenvalue weighted by molar-refractivity contribution is 6.38. The van der Waals surface area contributed by atoms with Gasteiger partial charge in [-0.2, -0.15) is 0 Å². The first-order chi connectivity index (χ1) is 9.15. The molecule has 1 aromatic heterocycles. The first-order valence-electron chi connectivity index (χ1n) is 5.53. The van der Waals surface area contributed by atoms with Gasteiger partial charge in [-0.3, -0.25) is 0 Å². The fourth-order valence-electron chi connectivity index (χ4n) is 1.81. The molecule has 2 aromatic carbocycles. The van der Waals surface area contributed by atoms with Gasteiger partial charge < -0.3 is 0 Å². The number of nitrogens with zero attached hydrogens (tertiary/aromatic N) is 2. The zero-order chi connectivity index (χ0) is 13.4. The van der Waals surface area contributed by atoms with Crippen molar-refractivity contribution in [1.29, 1.82) is 0 Å². The van der Waals surface area contributed by atoms with Crippen LogP contribution >= 0.6 is 23.2 Å². The Labute approximate surface area is 118 Å². The van der Waals surface area contributed by atoms with E-state index in [9.17, 15) is 4.39 Å². The SMILES string of the molecule is Fc1ccc(-c2nc(Cl)c3cccc(Cl)c3n2)cc1. The summed E-state index contributed by atoms with van der Waals surface area (Å²) in [5.41, 5.74) is 1.27. The number of para-hydroxylation sites is 1. The second-order valence-electron chi connectivity index (χ2n) is 3.98. The van der Waals surface area contributed by atoms with E-state index >= 15 is 0 Å². The van der Waals surface area contributed by atoms with E-state index in [4.69, 9.17) is 23.2 Å².